The lowest BCUT2D eigenvalue weighted by Gasteiger charge is -2.28. The molecule has 1 aromatic carbocycles. The van der Waals surface area contributed by atoms with Gasteiger partial charge in [-0.1, -0.05) is 32.0 Å². The number of nitrogens with one attached hydrogen (secondary N) is 1. The van der Waals surface area contributed by atoms with Gasteiger partial charge in [-0.15, -0.1) is 0 Å². The minimum absolute atomic E-state index is 0.0347. The molecule has 0 aliphatic rings. The number of nitrogens with zero attached hydrogens (tertiary/aromatic N) is 2. The van der Waals surface area contributed by atoms with Gasteiger partial charge in [0.2, 0.25) is 0 Å². The van der Waals surface area contributed by atoms with Crippen molar-refractivity contribution in [2.24, 2.45) is 5.41 Å². The van der Waals surface area contributed by atoms with E-state index in [-0.39, 0.29) is 16.9 Å². The van der Waals surface area contributed by atoms with Crippen molar-refractivity contribution in [2.75, 3.05) is 27.2 Å². The predicted molar refractivity (Wildman–Crippen MR) is 96.7 cm³/mol. The molecule has 1 heterocycles. The molecule has 0 saturated heterocycles. The maximum atomic E-state index is 12.4. The summed E-state index contributed by atoms with van der Waals surface area (Å²) in [6.07, 6.45) is 1.59. The standard InChI is InChI=1S/C19H25N3O2/c1-19(2,14-21(3)4)13-20-18(24)15-10-11-17(23)22(12-15)16-8-6-5-7-9-16/h5-12H,13-14H2,1-4H3,(H,20,24). The molecule has 0 spiro atoms. The quantitative estimate of drug-likeness (QED) is 0.884. The van der Waals surface area contributed by atoms with Crippen LogP contribution in [-0.4, -0.2) is 42.6 Å². The van der Waals surface area contributed by atoms with E-state index in [0.29, 0.717) is 12.1 Å². The van der Waals surface area contributed by atoms with Gasteiger partial charge in [0.25, 0.3) is 11.5 Å². The molecule has 1 N–H and O–H groups in total. The van der Waals surface area contributed by atoms with Crippen LogP contribution in [0.5, 0.6) is 0 Å². The highest BCUT2D eigenvalue weighted by Gasteiger charge is 2.20. The van der Waals surface area contributed by atoms with Crippen LogP contribution in [0, 0.1) is 5.41 Å². The van der Waals surface area contributed by atoms with Gasteiger partial charge in [0.1, 0.15) is 0 Å². The van der Waals surface area contributed by atoms with Gasteiger partial charge in [0.05, 0.1) is 5.56 Å². The van der Waals surface area contributed by atoms with Crippen molar-refractivity contribution >= 4 is 5.91 Å². The second-order valence-corrected chi connectivity index (χ2v) is 7.05. The molecular weight excluding hydrogens is 302 g/mol. The van der Waals surface area contributed by atoms with E-state index in [1.54, 1.807) is 12.3 Å². The van der Waals surface area contributed by atoms with E-state index in [0.717, 1.165) is 12.2 Å². The number of aromatic nitrogens is 1. The molecule has 0 bridgehead atoms. The molecule has 0 aliphatic heterocycles. The van der Waals surface area contributed by atoms with Crippen molar-refractivity contribution in [3.8, 4) is 5.69 Å². The molecule has 2 aromatic rings. The van der Waals surface area contributed by atoms with E-state index in [9.17, 15) is 9.59 Å². The molecule has 5 nitrogen and oxygen atoms in total. The van der Waals surface area contributed by atoms with Crippen LogP contribution in [0.2, 0.25) is 0 Å². The first-order valence-corrected chi connectivity index (χ1v) is 8.00. The second kappa shape index (κ2) is 7.45. The van der Waals surface area contributed by atoms with E-state index < -0.39 is 0 Å². The van der Waals surface area contributed by atoms with Crippen molar-refractivity contribution in [3.05, 3.63) is 64.6 Å². The summed E-state index contributed by atoms with van der Waals surface area (Å²) in [7, 11) is 4.03. The Morgan fingerprint density at radius 3 is 2.42 bits per heavy atom. The van der Waals surface area contributed by atoms with Gasteiger partial charge >= 0.3 is 0 Å². The fourth-order valence-electron chi connectivity index (χ4n) is 2.75. The van der Waals surface area contributed by atoms with Crippen LogP contribution in [0.3, 0.4) is 0 Å². The SMILES string of the molecule is CN(C)CC(C)(C)CNC(=O)c1ccc(=O)n(-c2ccccc2)c1. The van der Waals surface area contributed by atoms with E-state index in [1.165, 1.54) is 10.6 Å². The van der Waals surface area contributed by atoms with Gasteiger partial charge in [0.15, 0.2) is 0 Å². The molecule has 1 amide bonds. The van der Waals surface area contributed by atoms with Crippen molar-refractivity contribution in [1.29, 1.82) is 0 Å². The second-order valence-electron chi connectivity index (χ2n) is 7.05. The number of hydrogen-bond acceptors (Lipinski definition) is 3. The van der Waals surface area contributed by atoms with E-state index in [4.69, 9.17) is 0 Å². The van der Waals surface area contributed by atoms with Gasteiger partial charge in [-0.25, -0.2) is 0 Å². The Balaban J connectivity index is 2.15. The molecule has 0 atom stereocenters. The molecule has 24 heavy (non-hydrogen) atoms. The third-order valence-electron chi connectivity index (χ3n) is 3.68. The lowest BCUT2D eigenvalue weighted by Crippen LogP contribution is -2.40. The highest BCUT2D eigenvalue weighted by atomic mass is 16.2. The van der Waals surface area contributed by atoms with Gasteiger partial charge in [0, 0.05) is 31.0 Å². The van der Waals surface area contributed by atoms with Gasteiger partial charge in [-0.2, -0.15) is 0 Å². The number of pyridine rings is 1. The van der Waals surface area contributed by atoms with Crippen molar-refractivity contribution < 1.29 is 4.79 Å². The van der Waals surface area contributed by atoms with Crippen LogP contribution >= 0.6 is 0 Å². The summed E-state index contributed by atoms with van der Waals surface area (Å²) in [4.78, 5) is 26.6. The minimum atomic E-state index is -0.175. The summed E-state index contributed by atoms with van der Waals surface area (Å²) in [6, 6.07) is 12.3. The van der Waals surface area contributed by atoms with Crippen LogP contribution in [0.15, 0.2) is 53.5 Å². The number of hydrogen-bond donors (Lipinski definition) is 1. The molecule has 1 aromatic heterocycles. The molecular formula is C19H25N3O2. The van der Waals surface area contributed by atoms with Gasteiger partial charge < -0.3 is 10.2 Å². The first-order valence-electron chi connectivity index (χ1n) is 8.00. The molecule has 0 fully saturated rings. The van der Waals surface area contributed by atoms with Crippen molar-refractivity contribution in [1.82, 2.24) is 14.8 Å². The van der Waals surface area contributed by atoms with E-state index in [2.05, 4.69) is 24.1 Å². The Hall–Kier alpha value is -2.40. The maximum absolute atomic E-state index is 12.4. The number of para-hydroxylation sites is 1. The van der Waals surface area contributed by atoms with E-state index >= 15 is 0 Å². The summed E-state index contributed by atoms with van der Waals surface area (Å²) in [6.45, 7) is 5.65. The van der Waals surface area contributed by atoms with Gasteiger partial charge in [-0.05, 0) is 37.7 Å². The Bertz CT molecular complexity index is 749. The lowest BCUT2D eigenvalue weighted by molar-refractivity contribution is 0.0928. The Labute approximate surface area is 142 Å². The van der Waals surface area contributed by atoms with E-state index in [1.807, 2.05) is 44.4 Å². The normalized spacial score (nSPS) is 11.5. The molecule has 128 valence electrons. The molecule has 0 unspecified atom stereocenters. The number of benzene rings is 1. The zero-order valence-electron chi connectivity index (χ0n) is 14.7. The first kappa shape index (κ1) is 17.9. The Morgan fingerprint density at radius 2 is 1.79 bits per heavy atom. The van der Waals surface area contributed by atoms with Crippen LogP contribution in [-0.2, 0) is 0 Å². The number of amides is 1. The fourth-order valence-corrected chi connectivity index (χ4v) is 2.75. The summed E-state index contributed by atoms with van der Waals surface area (Å²) in [5.74, 6) is -0.175. The summed E-state index contributed by atoms with van der Waals surface area (Å²) in [5, 5.41) is 2.96. The number of rotatable bonds is 6. The Kier molecular flexibility index (Phi) is 5.57. The summed E-state index contributed by atoms with van der Waals surface area (Å²) in [5.41, 5.74) is 1.02. The Morgan fingerprint density at radius 1 is 1.12 bits per heavy atom. The van der Waals surface area contributed by atoms with Crippen molar-refractivity contribution in [3.63, 3.8) is 0 Å². The van der Waals surface area contributed by atoms with Crippen LogP contribution in [0.25, 0.3) is 5.69 Å². The van der Waals surface area contributed by atoms with Crippen LogP contribution in [0.4, 0.5) is 0 Å². The first-order chi connectivity index (χ1) is 11.3. The summed E-state index contributed by atoms with van der Waals surface area (Å²) >= 11 is 0. The van der Waals surface area contributed by atoms with Gasteiger partial charge in [-0.3, -0.25) is 14.2 Å². The lowest BCUT2D eigenvalue weighted by atomic mass is 9.93. The molecule has 0 saturated carbocycles. The average Bonchev–Trinajstić information content (AvgIpc) is 2.53. The monoisotopic (exact) mass is 327 g/mol. The maximum Gasteiger partial charge on any atom is 0.255 e. The largest absolute Gasteiger partial charge is 0.351 e. The third kappa shape index (κ3) is 4.80. The van der Waals surface area contributed by atoms with Crippen LogP contribution in [0.1, 0.15) is 24.2 Å². The zero-order valence-corrected chi connectivity index (χ0v) is 14.7. The highest BCUT2D eigenvalue weighted by molar-refractivity contribution is 5.93. The average molecular weight is 327 g/mol. The van der Waals surface area contributed by atoms with Crippen LogP contribution < -0.4 is 10.9 Å². The molecule has 0 aliphatic carbocycles. The fraction of sp³-hybridized carbons (Fsp3) is 0.368. The molecule has 2 rings (SSSR count). The number of carbonyl (C=O) groups is 1. The molecule has 5 heteroatoms. The minimum Gasteiger partial charge on any atom is -0.351 e. The van der Waals surface area contributed by atoms with Crippen molar-refractivity contribution in [2.45, 2.75) is 13.8 Å². The molecule has 0 radical (unpaired) electrons. The predicted octanol–water partition coefficient (Wildman–Crippen LogP) is 2.16. The third-order valence-corrected chi connectivity index (χ3v) is 3.68. The smallest absolute Gasteiger partial charge is 0.255 e. The highest BCUT2D eigenvalue weighted by Crippen LogP contribution is 2.14. The topological polar surface area (TPSA) is 54.3 Å². The number of carbonyl (C=O) groups excluding carboxylic acids is 1. The summed E-state index contributed by atoms with van der Waals surface area (Å²) < 4.78 is 1.49. The zero-order chi connectivity index (χ0) is 17.7.